The highest BCUT2D eigenvalue weighted by Crippen LogP contribution is 2.33. The summed E-state index contributed by atoms with van der Waals surface area (Å²) in [5.74, 6) is 0.326. The van der Waals surface area contributed by atoms with Crippen molar-refractivity contribution in [3.8, 4) is 28.1 Å². The lowest BCUT2D eigenvalue weighted by Crippen LogP contribution is -2.44. The number of hydrogen-bond donors (Lipinski definition) is 3. The number of nitrogens with two attached hydrogens (primary N) is 1. The number of aromatic amines is 1. The molecule has 0 saturated heterocycles. The van der Waals surface area contributed by atoms with Gasteiger partial charge in [-0.05, 0) is 49.2 Å². The molecule has 8 heteroatoms. The molecule has 5 rings (SSSR count). The predicted molar refractivity (Wildman–Crippen MR) is 130 cm³/mol. The van der Waals surface area contributed by atoms with E-state index in [4.69, 9.17) is 5.73 Å². The number of benzene rings is 2. The molecule has 170 valence electrons. The summed E-state index contributed by atoms with van der Waals surface area (Å²) in [4.78, 5) is 22.5. The predicted octanol–water partition coefficient (Wildman–Crippen LogP) is 3.19. The van der Waals surface area contributed by atoms with Crippen LogP contribution in [0, 0.1) is 13.8 Å². The van der Waals surface area contributed by atoms with Crippen LogP contribution in [0.1, 0.15) is 17.0 Å². The molecule has 0 spiro atoms. The van der Waals surface area contributed by atoms with Gasteiger partial charge >= 0.3 is 11.6 Å². The third kappa shape index (κ3) is 3.90. The lowest BCUT2D eigenvalue weighted by atomic mass is 9.99. The smallest absolute Gasteiger partial charge is 0.428 e. The Hall–Kier alpha value is -4.46. The van der Waals surface area contributed by atoms with Crippen LogP contribution in [0.15, 0.2) is 71.5 Å². The minimum atomic E-state index is -0.290. The standard InChI is InChI=1S/C26H24N6O2/c1-16-14-20(15-17(2)28-16)22-23(19-6-4-3-5-7-19)29-25(27)32-24(22)30-31(26(32)34)13-12-18-8-10-21(33)11-9-18/h3-11,14-15H,12-13H2,1-2H3,(H3,27,28,29,30,33)/p+1. The van der Waals surface area contributed by atoms with Crippen LogP contribution < -0.4 is 15.8 Å². The molecule has 2 aromatic carbocycles. The second kappa shape index (κ2) is 8.47. The van der Waals surface area contributed by atoms with Crippen LogP contribution in [0.4, 0.5) is 5.95 Å². The van der Waals surface area contributed by atoms with Gasteiger partial charge in [-0.2, -0.15) is 4.68 Å². The summed E-state index contributed by atoms with van der Waals surface area (Å²) in [6.07, 6.45) is 0.606. The van der Waals surface area contributed by atoms with Crippen LogP contribution in [0.5, 0.6) is 5.75 Å². The Morgan fingerprint density at radius 2 is 1.65 bits per heavy atom. The van der Waals surface area contributed by atoms with Crippen molar-refractivity contribution in [1.29, 1.82) is 0 Å². The molecule has 0 amide bonds. The van der Waals surface area contributed by atoms with Gasteiger partial charge in [0.25, 0.3) is 0 Å². The Morgan fingerprint density at radius 3 is 2.32 bits per heavy atom. The molecular formula is C26H25N6O2+. The van der Waals surface area contributed by atoms with E-state index < -0.39 is 0 Å². The summed E-state index contributed by atoms with van der Waals surface area (Å²) in [5.41, 5.74) is 12.6. The summed E-state index contributed by atoms with van der Waals surface area (Å²) in [6, 6.07) is 20.7. The Morgan fingerprint density at radius 1 is 0.971 bits per heavy atom. The Balaban J connectivity index is 1.72. The van der Waals surface area contributed by atoms with Gasteiger partial charge in [0.15, 0.2) is 0 Å². The van der Waals surface area contributed by atoms with E-state index in [0.29, 0.717) is 24.3 Å². The molecule has 0 fully saturated rings. The topological polar surface area (TPSA) is 114 Å². The van der Waals surface area contributed by atoms with Crippen molar-refractivity contribution < 1.29 is 9.51 Å². The number of aromatic hydroxyl groups is 1. The van der Waals surface area contributed by atoms with E-state index in [1.165, 1.54) is 4.40 Å². The SMILES string of the molecule is Cc1cc(-c2c(-c3ccccc3)nc(N)[n+]3c(=O)n(CCc4ccc(O)cc4)[nH]c23)cc(C)n1. The number of phenols is 1. The number of rotatable bonds is 5. The molecule has 0 bridgehead atoms. The van der Waals surface area contributed by atoms with Crippen LogP contribution in [-0.2, 0) is 13.0 Å². The molecule has 0 aliphatic carbocycles. The van der Waals surface area contributed by atoms with E-state index >= 15 is 0 Å². The van der Waals surface area contributed by atoms with Gasteiger partial charge in [0.05, 0.1) is 12.1 Å². The molecule has 34 heavy (non-hydrogen) atoms. The third-order valence-corrected chi connectivity index (χ3v) is 5.79. The quantitative estimate of drug-likeness (QED) is 0.354. The maximum Gasteiger partial charge on any atom is 0.428 e. The van der Waals surface area contributed by atoms with Gasteiger partial charge in [-0.15, -0.1) is 9.38 Å². The van der Waals surface area contributed by atoms with Crippen LogP contribution in [0.3, 0.4) is 0 Å². The second-order valence-corrected chi connectivity index (χ2v) is 8.34. The maximum atomic E-state index is 13.3. The summed E-state index contributed by atoms with van der Waals surface area (Å²) < 4.78 is 2.96. The lowest BCUT2D eigenvalue weighted by Gasteiger charge is -2.10. The summed E-state index contributed by atoms with van der Waals surface area (Å²) in [5, 5.41) is 12.8. The zero-order chi connectivity index (χ0) is 23.8. The van der Waals surface area contributed by atoms with Gasteiger partial charge in [-0.1, -0.05) is 42.5 Å². The molecule has 0 saturated carbocycles. The van der Waals surface area contributed by atoms with Crippen LogP contribution in [0.2, 0.25) is 0 Å². The van der Waals surface area contributed by atoms with Gasteiger partial charge in [0, 0.05) is 23.4 Å². The first-order valence-corrected chi connectivity index (χ1v) is 11.0. The highest BCUT2D eigenvalue weighted by molar-refractivity contribution is 5.88. The molecule has 3 heterocycles. The number of pyridine rings is 1. The molecule has 5 aromatic rings. The fourth-order valence-corrected chi connectivity index (χ4v) is 4.27. The largest absolute Gasteiger partial charge is 0.508 e. The zero-order valence-corrected chi connectivity index (χ0v) is 19.0. The van der Waals surface area contributed by atoms with Crippen molar-refractivity contribution in [1.82, 2.24) is 19.7 Å². The van der Waals surface area contributed by atoms with Crippen LogP contribution in [-0.4, -0.2) is 24.9 Å². The highest BCUT2D eigenvalue weighted by Gasteiger charge is 2.26. The number of aryl methyl sites for hydroxylation is 4. The maximum absolute atomic E-state index is 13.3. The normalized spacial score (nSPS) is 11.2. The first-order chi connectivity index (χ1) is 16.4. The number of nitrogens with zero attached hydrogens (tertiary/aromatic N) is 4. The lowest BCUT2D eigenvalue weighted by molar-refractivity contribution is -0.516. The van der Waals surface area contributed by atoms with Crippen LogP contribution >= 0.6 is 0 Å². The Kier molecular flexibility index (Phi) is 5.33. The Labute approximate surface area is 196 Å². The number of H-pyrrole nitrogens is 1. The van der Waals surface area contributed by atoms with E-state index in [9.17, 15) is 9.90 Å². The van der Waals surface area contributed by atoms with E-state index in [2.05, 4.69) is 15.1 Å². The van der Waals surface area contributed by atoms with Crippen molar-refractivity contribution >= 4 is 11.6 Å². The molecule has 0 unspecified atom stereocenters. The van der Waals surface area contributed by atoms with Crippen molar-refractivity contribution in [3.05, 3.63) is 94.2 Å². The summed E-state index contributed by atoms with van der Waals surface area (Å²) in [7, 11) is 0. The molecule has 0 radical (unpaired) electrons. The number of phenolic OH excluding ortho intramolecular Hbond substituents is 1. The average Bonchev–Trinajstić information content (AvgIpc) is 3.15. The molecule has 0 aliphatic heterocycles. The summed E-state index contributed by atoms with van der Waals surface area (Å²) >= 11 is 0. The molecule has 3 aromatic heterocycles. The fraction of sp³-hybridized carbons (Fsp3) is 0.154. The highest BCUT2D eigenvalue weighted by atomic mass is 16.3. The minimum absolute atomic E-state index is 0.115. The third-order valence-electron chi connectivity index (χ3n) is 5.79. The van der Waals surface area contributed by atoms with Gasteiger partial charge in [-0.25, -0.2) is 9.89 Å². The van der Waals surface area contributed by atoms with Crippen molar-refractivity contribution in [2.45, 2.75) is 26.8 Å². The number of fused-ring (bicyclic) bond motifs is 1. The number of aromatic nitrogens is 5. The molecule has 4 N–H and O–H groups in total. The first kappa shape index (κ1) is 21.4. The first-order valence-electron chi connectivity index (χ1n) is 11.0. The number of anilines is 1. The molecular weight excluding hydrogens is 428 g/mol. The van der Waals surface area contributed by atoms with E-state index in [0.717, 1.165) is 33.6 Å². The van der Waals surface area contributed by atoms with E-state index in [-0.39, 0.29) is 17.4 Å². The van der Waals surface area contributed by atoms with Crippen molar-refractivity contribution in [3.63, 3.8) is 0 Å². The molecule has 0 aliphatic rings. The average molecular weight is 454 g/mol. The van der Waals surface area contributed by atoms with E-state index in [1.807, 2.05) is 68.4 Å². The summed E-state index contributed by atoms with van der Waals surface area (Å²) in [6.45, 7) is 4.30. The minimum Gasteiger partial charge on any atom is -0.508 e. The van der Waals surface area contributed by atoms with Gasteiger partial charge in [0.2, 0.25) is 5.65 Å². The number of hydrogen-bond acceptors (Lipinski definition) is 5. The van der Waals surface area contributed by atoms with Gasteiger partial charge < -0.3 is 10.8 Å². The van der Waals surface area contributed by atoms with Gasteiger partial charge in [-0.3, -0.25) is 4.98 Å². The second-order valence-electron chi connectivity index (χ2n) is 8.34. The van der Waals surface area contributed by atoms with E-state index in [1.54, 1.807) is 16.8 Å². The van der Waals surface area contributed by atoms with Crippen molar-refractivity contribution in [2.24, 2.45) is 0 Å². The molecule has 8 nitrogen and oxygen atoms in total. The van der Waals surface area contributed by atoms with Gasteiger partial charge in [0.1, 0.15) is 11.4 Å². The van der Waals surface area contributed by atoms with Crippen molar-refractivity contribution in [2.75, 3.05) is 5.73 Å². The Bertz CT molecular complexity index is 1530. The zero-order valence-electron chi connectivity index (χ0n) is 19.0. The number of nitrogen functional groups attached to an aromatic ring is 1. The van der Waals surface area contributed by atoms with Crippen LogP contribution in [0.25, 0.3) is 28.0 Å². The fourth-order valence-electron chi connectivity index (χ4n) is 4.27. The molecule has 0 atom stereocenters. The monoisotopic (exact) mass is 453 g/mol. The number of nitrogens with one attached hydrogen (secondary N) is 1.